The van der Waals surface area contributed by atoms with Gasteiger partial charge in [-0.3, -0.25) is 14.9 Å². The van der Waals surface area contributed by atoms with E-state index < -0.39 is 29.4 Å². The van der Waals surface area contributed by atoms with Crippen LogP contribution in [-0.2, 0) is 9.53 Å². The average molecular weight is 529 g/mol. The van der Waals surface area contributed by atoms with Crippen LogP contribution in [0.4, 0.5) is 11.4 Å². The van der Waals surface area contributed by atoms with Gasteiger partial charge in [0.15, 0.2) is 6.61 Å². The molecular weight excluding hydrogens is 500 g/mol. The van der Waals surface area contributed by atoms with Crippen LogP contribution in [-0.4, -0.2) is 54.3 Å². The molecule has 0 radical (unpaired) electrons. The first-order valence-electron chi connectivity index (χ1n) is 12.7. The molecule has 2 aliphatic rings. The number of hydrogen-bond donors (Lipinski definition) is 0. The van der Waals surface area contributed by atoms with Crippen molar-refractivity contribution in [2.45, 2.75) is 25.3 Å². The number of benzene rings is 3. The summed E-state index contributed by atoms with van der Waals surface area (Å²) in [5.41, 5.74) is 2.83. The van der Waals surface area contributed by atoms with Gasteiger partial charge in [-0.2, -0.15) is 5.10 Å². The molecule has 0 saturated carbocycles. The molecule has 0 aromatic heterocycles. The summed E-state index contributed by atoms with van der Waals surface area (Å²) < 4.78 is 10.6. The lowest BCUT2D eigenvalue weighted by Crippen LogP contribution is -2.31. The van der Waals surface area contributed by atoms with Gasteiger partial charge in [-0.05, 0) is 48.2 Å². The van der Waals surface area contributed by atoms with Crippen molar-refractivity contribution < 1.29 is 24.0 Å². The zero-order valence-electron chi connectivity index (χ0n) is 21.5. The van der Waals surface area contributed by atoms with Crippen LogP contribution in [0.5, 0.6) is 5.75 Å². The minimum atomic E-state index is -0.813. The molecule has 10 heteroatoms. The summed E-state index contributed by atoms with van der Waals surface area (Å²) in [6, 6.07) is 20.8. The Morgan fingerprint density at radius 2 is 1.74 bits per heavy atom. The monoisotopic (exact) mass is 528 g/mol. The van der Waals surface area contributed by atoms with Crippen LogP contribution in [0.25, 0.3) is 0 Å². The molecule has 3 aromatic carbocycles. The highest BCUT2D eigenvalue weighted by atomic mass is 16.6. The Morgan fingerprint density at radius 3 is 2.41 bits per heavy atom. The molecule has 39 heavy (non-hydrogen) atoms. The highest BCUT2D eigenvalue weighted by Crippen LogP contribution is 2.34. The molecule has 1 unspecified atom stereocenters. The van der Waals surface area contributed by atoms with E-state index in [1.807, 2.05) is 59.5 Å². The fourth-order valence-electron chi connectivity index (χ4n) is 4.93. The molecule has 1 saturated heterocycles. The molecule has 3 aromatic rings. The van der Waals surface area contributed by atoms with Crippen molar-refractivity contribution in [3.63, 3.8) is 0 Å². The number of esters is 1. The van der Waals surface area contributed by atoms with Crippen molar-refractivity contribution in [1.29, 1.82) is 0 Å². The fraction of sp³-hybridized carbons (Fsp3) is 0.276. The summed E-state index contributed by atoms with van der Waals surface area (Å²) >= 11 is 0. The van der Waals surface area contributed by atoms with Gasteiger partial charge >= 0.3 is 5.97 Å². The number of nitrogens with zero attached hydrogens (tertiary/aromatic N) is 4. The smallest absolute Gasteiger partial charge is 0.338 e. The quantitative estimate of drug-likeness (QED) is 0.236. The largest absolute Gasteiger partial charge is 0.497 e. The van der Waals surface area contributed by atoms with Crippen LogP contribution in [0.2, 0.25) is 0 Å². The Balaban J connectivity index is 1.33. The molecule has 1 amide bonds. The normalized spacial score (nSPS) is 16.6. The van der Waals surface area contributed by atoms with Gasteiger partial charge < -0.3 is 14.4 Å². The van der Waals surface area contributed by atoms with Crippen LogP contribution in [0.3, 0.4) is 0 Å². The molecule has 0 N–H and O–H groups in total. The lowest BCUT2D eigenvalue weighted by Gasteiger charge is -2.22. The lowest BCUT2D eigenvalue weighted by molar-refractivity contribution is -0.384. The summed E-state index contributed by atoms with van der Waals surface area (Å²) in [5.74, 6) is -0.622. The van der Waals surface area contributed by atoms with Crippen LogP contribution in [0.1, 0.15) is 46.8 Å². The first kappa shape index (κ1) is 25.9. The second-order valence-electron chi connectivity index (χ2n) is 9.37. The van der Waals surface area contributed by atoms with Gasteiger partial charge in [0.25, 0.3) is 11.6 Å². The summed E-state index contributed by atoms with van der Waals surface area (Å²) in [5, 5.41) is 17.6. The number of ether oxygens (including phenoxy) is 2. The van der Waals surface area contributed by atoms with Crippen molar-refractivity contribution in [2.24, 2.45) is 5.10 Å². The predicted octanol–water partition coefficient (Wildman–Crippen LogP) is 4.74. The summed E-state index contributed by atoms with van der Waals surface area (Å²) in [7, 11) is 1.58. The van der Waals surface area contributed by atoms with E-state index in [2.05, 4.69) is 5.10 Å². The maximum absolute atomic E-state index is 13.3. The summed E-state index contributed by atoms with van der Waals surface area (Å²) in [4.78, 5) is 39.2. The van der Waals surface area contributed by atoms with E-state index in [1.165, 1.54) is 17.1 Å². The van der Waals surface area contributed by atoms with E-state index >= 15 is 0 Å². The highest BCUT2D eigenvalue weighted by Gasteiger charge is 2.34. The van der Waals surface area contributed by atoms with Gasteiger partial charge in [-0.25, -0.2) is 9.80 Å². The first-order chi connectivity index (χ1) is 18.9. The van der Waals surface area contributed by atoms with Crippen LogP contribution in [0, 0.1) is 10.1 Å². The molecule has 0 bridgehead atoms. The summed E-state index contributed by atoms with van der Waals surface area (Å²) in [6.45, 7) is 0.907. The van der Waals surface area contributed by atoms with E-state index in [4.69, 9.17) is 9.47 Å². The maximum Gasteiger partial charge on any atom is 0.338 e. The predicted molar refractivity (Wildman–Crippen MR) is 145 cm³/mol. The molecule has 10 nitrogen and oxygen atoms in total. The zero-order valence-corrected chi connectivity index (χ0v) is 21.5. The molecule has 1 atom stereocenters. The average Bonchev–Trinajstić information content (AvgIpc) is 3.67. The zero-order chi connectivity index (χ0) is 27.4. The second kappa shape index (κ2) is 11.3. The Hall–Kier alpha value is -4.73. The van der Waals surface area contributed by atoms with E-state index in [9.17, 15) is 19.7 Å². The lowest BCUT2D eigenvalue weighted by atomic mass is 9.98. The third kappa shape index (κ3) is 5.59. The number of anilines is 1. The van der Waals surface area contributed by atoms with Crippen molar-refractivity contribution in [1.82, 2.24) is 5.01 Å². The number of methoxy groups -OCH3 is 1. The van der Waals surface area contributed by atoms with Gasteiger partial charge in [0.1, 0.15) is 11.4 Å². The molecule has 1 fully saturated rings. The minimum Gasteiger partial charge on any atom is -0.497 e. The van der Waals surface area contributed by atoms with Crippen molar-refractivity contribution in [2.75, 3.05) is 31.7 Å². The van der Waals surface area contributed by atoms with E-state index in [0.29, 0.717) is 17.9 Å². The van der Waals surface area contributed by atoms with E-state index in [0.717, 1.165) is 42.8 Å². The number of nitro benzene ring substituents is 1. The molecule has 2 aliphatic heterocycles. The third-order valence-electron chi connectivity index (χ3n) is 6.95. The van der Waals surface area contributed by atoms with E-state index in [-0.39, 0.29) is 11.3 Å². The molecule has 2 heterocycles. The third-order valence-corrected chi connectivity index (χ3v) is 6.95. The van der Waals surface area contributed by atoms with Crippen molar-refractivity contribution in [3.05, 3.63) is 99.6 Å². The Kier molecular flexibility index (Phi) is 7.53. The maximum atomic E-state index is 13.3. The van der Waals surface area contributed by atoms with Gasteiger partial charge in [0.05, 0.1) is 29.4 Å². The number of nitro groups is 1. The number of hydrazone groups is 1. The molecule has 200 valence electrons. The molecule has 0 spiro atoms. The molecular formula is C29H28N4O6. The Bertz CT molecular complexity index is 1400. The molecule has 0 aliphatic carbocycles. The SMILES string of the molecule is COc1ccc(C2CC(c3ccccc3)=NN2C(=O)COC(=O)c2ccc(N3CCCC3)c([N+](=O)[O-])c2)cc1. The van der Waals surface area contributed by atoms with Gasteiger partial charge in [0, 0.05) is 25.6 Å². The standard InChI is InChI=1S/C29H28N4O6/c1-38-23-12-9-21(10-13-23)26-18-24(20-7-3-2-4-8-20)30-32(26)28(34)19-39-29(35)22-11-14-25(27(17-22)33(36)37)31-15-5-6-16-31/h2-4,7-14,17,26H,5-6,15-16,18-19H2,1H3. The summed E-state index contributed by atoms with van der Waals surface area (Å²) in [6.07, 6.45) is 2.41. The van der Waals surface area contributed by atoms with Gasteiger partial charge in [-0.1, -0.05) is 42.5 Å². The topological polar surface area (TPSA) is 115 Å². The number of carbonyl (C=O) groups is 2. The highest BCUT2D eigenvalue weighted by molar-refractivity contribution is 6.03. The second-order valence-corrected chi connectivity index (χ2v) is 9.37. The van der Waals surface area contributed by atoms with Crippen LogP contribution < -0.4 is 9.64 Å². The fourth-order valence-corrected chi connectivity index (χ4v) is 4.93. The molecule has 5 rings (SSSR count). The van der Waals surface area contributed by atoms with Crippen LogP contribution in [0.15, 0.2) is 77.9 Å². The van der Waals surface area contributed by atoms with Gasteiger partial charge in [-0.15, -0.1) is 0 Å². The van der Waals surface area contributed by atoms with Crippen molar-refractivity contribution >= 4 is 29.0 Å². The number of amides is 1. The van der Waals surface area contributed by atoms with Crippen molar-refractivity contribution in [3.8, 4) is 5.75 Å². The Morgan fingerprint density at radius 1 is 1.03 bits per heavy atom. The van der Waals surface area contributed by atoms with Crippen LogP contribution >= 0.6 is 0 Å². The number of carbonyl (C=O) groups excluding carboxylic acids is 2. The number of hydrogen-bond acceptors (Lipinski definition) is 8. The number of rotatable bonds is 8. The van der Waals surface area contributed by atoms with E-state index in [1.54, 1.807) is 13.2 Å². The minimum absolute atomic E-state index is 0.0130. The van der Waals surface area contributed by atoms with Gasteiger partial charge in [0.2, 0.25) is 0 Å². The Labute approximate surface area is 225 Å². The first-order valence-corrected chi connectivity index (χ1v) is 12.7.